The maximum absolute atomic E-state index is 7.57. The second-order valence-electron chi connectivity index (χ2n) is 2.18. The summed E-state index contributed by atoms with van der Waals surface area (Å²) in [5.41, 5.74) is 15.6. The smallest absolute Gasteiger partial charge is 0.115 e. The van der Waals surface area contributed by atoms with Gasteiger partial charge in [-0.15, -0.1) is 0 Å². The van der Waals surface area contributed by atoms with Gasteiger partial charge >= 0.3 is 0 Å². The minimum Gasteiger partial charge on any atom is -0.397 e. The van der Waals surface area contributed by atoms with E-state index in [1.165, 1.54) is 0 Å². The first-order chi connectivity index (χ1) is 4.47. The zero-order chi connectivity index (χ0) is 8.62. The molecule has 0 aromatic heterocycles. The summed E-state index contributed by atoms with van der Waals surface area (Å²) in [7, 11) is 0. The summed E-state index contributed by atoms with van der Waals surface area (Å²) in [5, 5.41) is 7.57. The van der Waals surface area contributed by atoms with E-state index in [1.54, 1.807) is 6.92 Å². The van der Waals surface area contributed by atoms with Gasteiger partial charge in [-0.3, -0.25) is 0 Å². The Morgan fingerprint density at radius 2 is 1.50 bits per heavy atom. The summed E-state index contributed by atoms with van der Waals surface area (Å²) < 4.78 is 0. The third-order valence-corrected chi connectivity index (χ3v) is 0.683. The van der Waals surface area contributed by atoms with Gasteiger partial charge in [0, 0.05) is 6.61 Å². The Balaban J connectivity index is 0. The minimum absolute atomic E-state index is 0.250. The summed E-state index contributed by atoms with van der Waals surface area (Å²) in [6.07, 6.45) is 1.61. The van der Waals surface area contributed by atoms with E-state index in [4.69, 9.17) is 22.3 Å². The van der Waals surface area contributed by atoms with Crippen molar-refractivity contribution in [2.24, 2.45) is 17.2 Å². The lowest BCUT2D eigenvalue weighted by molar-refractivity contribution is 0.318. The molecule has 0 bridgehead atoms. The van der Waals surface area contributed by atoms with Gasteiger partial charge in [0.1, 0.15) is 5.79 Å². The van der Waals surface area contributed by atoms with Crippen molar-refractivity contribution in [1.29, 1.82) is 0 Å². The van der Waals surface area contributed by atoms with E-state index in [2.05, 4.69) is 0 Å². The fourth-order valence-electron chi connectivity index (χ4n) is 0.433. The van der Waals surface area contributed by atoms with Gasteiger partial charge in [-0.05, 0) is 13.3 Å². The zero-order valence-corrected chi connectivity index (χ0v) is 6.80. The molecule has 0 atom stereocenters. The molecule has 0 aromatic rings. The lowest BCUT2D eigenvalue weighted by atomic mass is 10.2. The molecule has 0 aromatic carbocycles. The SMILES string of the molecule is CCCC(N)(N)N.CCO. The molecular formula is C6H19N3O. The molecule has 4 nitrogen and oxygen atoms in total. The van der Waals surface area contributed by atoms with Crippen molar-refractivity contribution in [1.82, 2.24) is 0 Å². The third kappa shape index (κ3) is 24.9. The highest BCUT2D eigenvalue weighted by Gasteiger charge is 2.07. The van der Waals surface area contributed by atoms with Crippen LogP contribution in [0.1, 0.15) is 26.7 Å². The Labute approximate surface area is 62.4 Å². The Morgan fingerprint density at radius 3 is 1.50 bits per heavy atom. The molecule has 4 heteroatoms. The second-order valence-corrected chi connectivity index (χ2v) is 2.18. The van der Waals surface area contributed by atoms with Crippen LogP contribution >= 0.6 is 0 Å². The number of nitrogens with two attached hydrogens (primary N) is 3. The maximum atomic E-state index is 7.57. The molecule has 0 saturated carbocycles. The van der Waals surface area contributed by atoms with Crippen molar-refractivity contribution in [3.05, 3.63) is 0 Å². The molecule has 10 heavy (non-hydrogen) atoms. The summed E-state index contributed by atoms with van der Waals surface area (Å²) in [6, 6.07) is 0. The van der Waals surface area contributed by atoms with Gasteiger partial charge in [0.2, 0.25) is 0 Å². The second kappa shape index (κ2) is 6.95. The van der Waals surface area contributed by atoms with Crippen molar-refractivity contribution in [2.45, 2.75) is 32.5 Å². The normalized spacial score (nSPS) is 10.2. The van der Waals surface area contributed by atoms with Crippen molar-refractivity contribution in [3.63, 3.8) is 0 Å². The standard InChI is InChI=1S/C4H13N3.C2H6O/c1-2-3-4(5,6)7;1-2-3/h2-3,5-7H2,1H3;3H,2H2,1H3. The van der Waals surface area contributed by atoms with Gasteiger partial charge in [-0.1, -0.05) is 13.3 Å². The van der Waals surface area contributed by atoms with E-state index in [9.17, 15) is 0 Å². The van der Waals surface area contributed by atoms with Gasteiger partial charge in [0.25, 0.3) is 0 Å². The fourth-order valence-corrected chi connectivity index (χ4v) is 0.433. The Hall–Kier alpha value is -0.160. The van der Waals surface area contributed by atoms with Crippen molar-refractivity contribution in [3.8, 4) is 0 Å². The molecule has 0 spiro atoms. The van der Waals surface area contributed by atoms with E-state index in [0.29, 0.717) is 6.42 Å². The van der Waals surface area contributed by atoms with Crippen LogP contribution in [0.5, 0.6) is 0 Å². The highest BCUT2D eigenvalue weighted by atomic mass is 16.2. The van der Waals surface area contributed by atoms with Gasteiger partial charge < -0.3 is 22.3 Å². The minimum atomic E-state index is -0.950. The molecule has 0 fully saturated rings. The Morgan fingerprint density at radius 1 is 1.20 bits per heavy atom. The molecule has 0 rings (SSSR count). The molecule has 0 aliphatic carbocycles. The van der Waals surface area contributed by atoms with E-state index < -0.39 is 5.79 Å². The van der Waals surface area contributed by atoms with Crippen LogP contribution in [0, 0.1) is 0 Å². The van der Waals surface area contributed by atoms with Crippen molar-refractivity contribution in [2.75, 3.05) is 6.61 Å². The van der Waals surface area contributed by atoms with Crippen molar-refractivity contribution >= 4 is 0 Å². The van der Waals surface area contributed by atoms with Gasteiger partial charge in [-0.25, -0.2) is 0 Å². The van der Waals surface area contributed by atoms with E-state index in [1.807, 2.05) is 6.92 Å². The quantitative estimate of drug-likeness (QED) is 0.391. The number of hydrogen-bond donors (Lipinski definition) is 4. The van der Waals surface area contributed by atoms with E-state index >= 15 is 0 Å². The Kier molecular flexibility index (Phi) is 8.70. The van der Waals surface area contributed by atoms with Crippen LogP contribution in [0.2, 0.25) is 0 Å². The zero-order valence-electron chi connectivity index (χ0n) is 6.80. The number of aliphatic hydroxyl groups is 1. The predicted octanol–water partition coefficient (Wildman–Crippen LogP) is -0.685. The average Bonchev–Trinajstić information content (AvgIpc) is 1.63. The summed E-state index contributed by atoms with van der Waals surface area (Å²) >= 11 is 0. The average molecular weight is 149 g/mol. The van der Waals surface area contributed by atoms with Crippen LogP contribution in [0.4, 0.5) is 0 Å². The number of rotatable bonds is 2. The molecule has 0 amide bonds. The molecule has 0 heterocycles. The molecular weight excluding hydrogens is 130 g/mol. The van der Waals surface area contributed by atoms with Gasteiger partial charge in [-0.2, -0.15) is 0 Å². The van der Waals surface area contributed by atoms with E-state index in [-0.39, 0.29) is 6.61 Å². The number of aliphatic hydroxyl groups excluding tert-OH is 1. The first-order valence-electron chi connectivity index (χ1n) is 3.45. The fraction of sp³-hybridized carbons (Fsp3) is 1.00. The molecule has 0 aliphatic rings. The molecule has 7 N–H and O–H groups in total. The van der Waals surface area contributed by atoms with Crippen molar-refractivity contribution < 1.29 is 5.11 Å². The predicted molar refractivity (Wildman–Crippen MR) is 43.0 cm³/mol. The topological polar surface area (TPSA) is 98.3 Å². The molecule has 0 saturated heterocycles. The summed E-state index contributed by atoms with van der Waals surface area (Å²) in [5.74, 6) is -0.950. The van der Waals surface area contributed by atoms with Gasteiger partial charge in [0.15, 0.2) is 0 Å². The largest absolute Gasteiger partial charge is 0.397 e. The highest BCUT2D eigenvalue weighted by Crippen LogP contribution is 1.91. The van der Waals surface area contributed by atoms with Crippen LogP contribution < -0.4 is 17.2 Å². The van der Waals surface area contributed by atoms with Crippen LogP contribution in [0.3, 0.4) is 0 Å². The van der Waals surface area contributed by atoms with Crippen LogP contribution in [-0.2, 0) is 0 Å². The third-order valence-electron chi connectivity index (χ3n) is 0.683. The first-order valence-corrected chi connectivity index (χ1v) is 3.45. The Bertz CT molecular complexity index is 60.5. The molecule has 0 unspecified atom stereocenters. The van der Waals surface area contributed by atoms with Crippen LogP contribution in [-0.4, -0.2) is 17.5 Å². The molecule has 0 radical (unpaired) electrons. The summed E-state index contributed by atoms with van der Waals surface area (Å²) in [4.78, 5) is 0. The molecule has 64 valence electrons. The molecule has 0 aliphatic heterocycles. The monoisotopic (exact) mass is 149 g/mol. The lowest BCUT2D eigenvalue weighted by Crippen LogP contribution is -2.57. The summed E-state index contributed by atoms with van der Waals surface area (Å²) in [6.45, 7) is 3.92. The van der Waals surface area contributed by atoms with Crippen LogP contribution in [0.25, 0.3) is 0 Å². The maximum Gasteiger partial charge on any atom is 0.115 e. The first kappa shape index (κ1) is 12.5. The van der Waals surface area contributed by atoms with Gasteiger partial charge in [0.05, 0.1) is 0 Å². The lowest BCUT2D eigenvalue weighted by Gasteiger charge is -2.15. The van der Waals surface area contributed by atoms with E-state index in [0.717, 1.165) is 6.42 Å². The number of hydrogen-bond acceptors (Lipinski definition) is 4. The van der Waals surface area contributed by atoms with Crippen LogP contribution in [0.15, 0.2) is 0 Å². The highest BCUT2D eigenvalue weighted by molar-refractivity contribution is 4.64.